The number of hydrogen-bond donors (Lipinski definition) is 2. The fourth-order valence-electron chi connectivity index (χ4n) is 1.99. The smallest absolute Gasteiger partial charge is 0.230 e. The quantitative estimate of drug-likeness (QED) is 0.662. The maximum atomic E-state index is 7.58. The first-order chi connectivity index (χ1) is 9.49. The summed E-state index contributed by atoms with van der Waals surface area (Å²) in [7, 11) is 0. The Balaban J connectivity index is 0.00000220. The highest BCUT2D eigenvalue weighted by atomic mass is 35.5. The number of rotatable bonds is 4. The maximum absolute atomic E-state index is 7.58. The highest BCUT2D eigenvalue weighted by Crippen LogP contribution is 2.31. The summed E-state index contributed by atoms with van der Waals surface area (Å²) in [4.78, 5) is 4.18. The van der Waals surface area contributed by atoms with Crippen molar-refractivity contribution in [1.29, 1.82) is 5.41 Å². The fourth-order valence-corrected chi connectivity index (χ4v) is 1.99. The van der Waals surface area contributed by atoms with E-state index in [1.807, 2.05) is 13.0 Å². The van der Waals surface area contributed by atoms with E-state index in [0.29, 0.717) is 17.4 Å². The predicted octanol–water partition coefficient (Wildman–Crippen LogP) is 4.01. The summed E-state index contributed by atoms with van der Waals surface area (Å²) in [6, 6.07) is 9.57. The Morgan fingerprint density at radius 3 is 2.62 bits per heavy atom. The number of amidine groups is 1. The highest BCUT2D eigenvalue weighted by Gasteiger charge is 2.13. The van der Waals surface area contributed by atoms with E-state index in [1.54, 1.807) is 18.3 Å². The minimum atomic E-state index is -0.0492. The molecule has 21 heavy (non-hydrogen) atoms. The number of benzene rings is 1. The molecule has 0 saturated heterocycles. The first-order valence-corrected chi connectivity index (χ1v) is 6.57. The van der Waals surface area contributed by atoms with Gasteiger partial charge in [-0.2, -0.15) is 0 Å². The lowest BCUT2D eigenvalue weighted by molar-refractivity contribution is 0.453. The van der Waals surface area contributed by atoms with Gasteiger partial charge in [0.05, 0.1) is 5.56 Å². The van der Waals surface area contributed by atoms with Gasteiger partial charge in [0.25, 0.3) is 0 Å². The molecular weight excluding hydrogens is 286 g/mol. The van der Waals surface area contributed by atoms with Crippen LogP contribution in [0, 0.1) is 12.3 Å². The number of nitrogen functional groups attached to an aromatic ring is 1. The van der Waals surface area contributed by atoms with Crippen LogP contribution in [0.2, 0.25) is 0 Å². The molecule has 0 unspecified atom stereocenters. The lowest BCUT2D eigenvalue weighted by atomic mass is 10.0. The van der Waals surface area contributed by atoms with Crippen LogP contribution in [0.5, 0.6) is 11.6 Å². The number of nitrogens with zero attached hydrogens (tertiary/aromatic N) is 1. The first-order valence-electron chi connectivity index (χ1n) is 6.57. The minimum Gasteiger partial charge on any atom is -0.438 e. The van der Waals surface area contributed by atoms with Crippen molar-refractivity contribution >= 4 is 18.2 Å². The van der Waals surface area contributed by atoms with Gasteiger partial charge >= 0.3 is 0 Å². The van der Waals surface area contributed by atoms with Crippen molar-refractivity contribution in [2.75, 3.05) is 0 Å². The third-order valence-corrected chi connectivity index (χ3v) is 3.06. The first kappa shape index (κ1) is 17.0. The molecule has 1 aromatic heterocycles. The lowest BCUT2D eigenvalue weighted by Gasteiger charge is -2.15. The van der Waals surface area contributed by atoms with Gasteiger partial charge in [-0.05, 0) is 42.2 Å². The third kappa shape index (κ3) is 3.95. The molecule has 0 bridgehead atoms. The van der Waals surface area contributed by atoms with Crippen molar-refractivity contribution in [2.24, 2.45) is 5.73 Å². The average Bonchev–Trinajstić information content (AvgIpc) is 2.38. The van der Waals surface area contributed by atoms with E-state index in [0.717, 1.165) is 16.9 Å². The van der Waals surface area contributed by atoms with Crippen molar-refractivity contribution in [1.82, 2.24) is 4.98 Å². The normalized spacial score (nSPS) is 10.1. The number of aromatic nitrogens is 1. The zero-order chi connectivity index (χ0) is 14.7. The molecule has 0 aliphatic heterocycles. The Kier molecular flexibility index (Phi) is 5.73. The molecule has 0 aliphatic carbocycles. The third-order valence-electron chi connectivity index (χ3n) is 3.06. The number of halogens is 1. The zero-order valence-corrected chi connectivity index (χ0v) is 13.2. The van der Waals surface area contributed by atoms with Crippen LogP contribution >= 0.6 is 12.4 Å². The van der Waals surface area contributed by atoms with E-state index in [9.17, 15) is 0 Å². The minimum absolute atomic E-state index is 0. The molecule has 2 rings (SSSR count). The molecule has 1 aromatic carbocycles. The van der Waals surface area contributed by atoms with Crippen molar-refractivity contribution in [3.05, 3.63) is 53.2 Å². The summed E-state index contributed by atoms with van der Waals surface area (Å²) < 4.78 is 5.91. The summed E-state index contributed by atoms with van der Waals surface area (Å²) in [5.74, 6) is 1.43. The van der Waals surface area contributed by atoms with Crippen molar-refractivity contribution in [3.63, 3.8) is 0 Å². The average molecular weight is 306 g/mol. The second-order valence-corrected chi connectivity index (χ2v) is 5.07. The fraction of sp³-hybridized carbons (Fsp3) is 0.250. The summed E-state index contributed by atoms with van der Waals surface area (Å²) in [6.07, 6.45) is 1.63. The molecule has 2 aromatic rings. The topological polar surface area (TPSA) is 72.0 Å². The molecule has 0 atom stereocenters. The molecule has 1 heterocycles. The molecule has 3 N–H and O–H groups in total. The molecule has 0 radical (unpaired) electrons. The molecule has 0 fully saturated rings. The number of ether oxygens (including phenoxy) is 1. The Morgan fingerprint density at radius 1 is 1.29 bits per heavy atom. The highest BCUT2D eigenvalue weighted by molar-refractivity contribution is 5.97. The Bertz CT molecular complexity index is 641. The molecule has 0 aliphatic rings. The largest absolute Gasteiger partial charge is 0.438 e. The number of pyridine rings is 1. The van der Waals surface area contributed by atoms with E-state index < -0.39 is 0 Å². The van der Waals surface area contributed by atoms with Crippen LogP contribution in [0.25, 0.3) is 0 Å². The summed E-state index contributed by atoms with van der Waals surface area (Å²) in [6.45, 7) is 6.24. The van der Waals surface area contributed by atoms with E-state index in [2.05, 4.69) is 31.0 Å². The molecule has 0 spiro atoms. The van der Waals surface area contributed by atoms with Gasteiger partial charge in [-0.15, -0.1) is 12.4 Å². The van der Waals surface area contributed by atoms with Gasteiger partial charge in [-0.1, -0.05) is 26.0 Å². The zero-order valence-electron chi connectivity index (χ0n) is 12.4. The van der Waals surface area contributed by atoms with Crippen LogP contribution in [0.1, 0.15) is 36.5 Å². The Hall–Kier alpha value is -2.07. The van der Waals surface area contributed by atoms with Crippen LogP contribution in [-0.4, -0.2) is 10.8 Å². The van der Waals surface area contributed by atoms with Crippen LogP contribution in [0.4, 0.5) is 0 Å². The second kappa shape index (κ2) is 7.09. The molecule has 112 valence electrons. The molecule has 4 nitrogen and oxygen atoms in total. The monoisotopic (exact) mass is 305 g/mol. The Morgan fingerprint density at radius 2 is 2.00 bits per heavy atom. The molecule has 0 saturated carbocycles. The summed E-state index contributed by atoms with van der Waals surface area (Å²) in [5, 5.41) is 7.58. The molecule has 0 amide bonds. The van der Waals surface area contributed by atoms with Gasteiger partial charge in [0, 0.05) is 6.20 Å². The number of nitrogens with one attached hydrogen (secondary N) is 1. The second-order valence-electron chi connectivity index (χ2n) is 5.07. The summed E-state index contributed by atoms with van der Waals surface area (Å²) in [5.41, 5.74) is 8.29. The number of nitrogens with two attached hydrogens (primary N) is 1. The van der Waals surface area contributed by atoms with Crippen LogP contribution in [0.3, 0.4) is 0 Å². The van der Waals surface area contributed by atoms with Crippen LogP contribution in [-0.2, 0) is 0 Å². The van der Waals surface area contributed by atoms with E-state index in [1.165, 1.54) is 0 Å². The standard InChI is InChI=1S/C16H19N3O.ClH/c1-10(2)12-7-6-11(3)9-14(12)20-16-13(15(17)18)5-4-8-19-16;/h4-10H,1-3H3,(H3,17,18);1H. The molecule has 5 heteroatoms. The van der Waals surface area contributed by atoms with Gasteiger partial charge in [-0.25, -0.2) is 4.98 Å². The van der Waals surface area contributed by atoms with Gasteiger partial charge in [0.15, 0.2) is 0 Å². The summed E-state index contributed by atoms with van der Waals surface area (Å²) >= 11 is 0. The molecular formula is C16H20ClN3O. The van der Waals surface area contributed by atoms with Crippen molar-refractivity contribution < 1.29 is 4.74 Å². The maximum Gasteiger partial charge on any atom is 0.230 e. The van der Waals surface area contributed by atoms with Gasteiger partial charge in [0.1, 0.15) is 11.6 Å². The number of aryl methyl sites for hydroxylation is 1. The van der Waals surface area contributed by atoms with Crippen molar-refractivity contribution in [2.45, 2.75) is 26.7 Å². The van der Waals surface area contributed by atoms with Crippen LogP contribution < -0.4 is 10.5 Å². The SMILES string of the molecule is Cc1ccc(C(C)C)c(Oc2ncccc2C(=N)N)c1.Cl. The van der Waals surface area contributed by atoms with E-state index >= 15 is 0 Å². The van der Waals surface area contributed by atoms with Gasteiger partial charge in [-0.3, -0.25) is 5.41 Å². The van der Waals surface area contributed by atoms with Gasteiger partial charge < -0.3 is 10.5 Å². The Labute approximate surface area is 131 Å². The van der Waals surface area contributed by atoms with Crippen molar-refractivity contribution in [3.8, 4) is 11.6 Å². The van der Waals surface area contributed by atoms with Gasteiger partial charge in [0.2, 0.25) is 5.88 Å². The number of hydrogen-bond acceptors (Lipinski definition) is 3. The van der Waals surface area contributed by atoms with Crippen LogP contribution in [0.15, 0.2) is 36.5 Å². The lowest BCUT2D eigenvalue weighted by Crippen LogP contribution is -2.13. The van der Waals surface area contributed by atoms with E-state index in [4.69, 9.17) is 15.9 Å². The van der Waals surface area contributed by atoms with E-state index in [-0.39, 0.29) is 18.2 Å². The predicted molar refractivity (Wildman–Crippen MR) is 87.8 cm³/mol.